The van der Waals surface area contributed by atoms with Crippen LogP contribution in [0.3, 0.4) is 0 Å². The third-order valence-electron chi connectivity index (χ3n) is 3.52. The van der Waals surface area contributed by atoms with E-state index in [4.69, 9.17) is 4.98 Å². The highest BCUT2D eigenvalue weighted by atomic mass is 15.0. The highest BCUT2D eigenvalue weighted by Gasteiger charge is 2.28. The summed E-state index contributed by atoms with van der Waals surface area (Å²) >= 11 is 0. The third-order valence-corrected chi connectivity index (χ3v) is 3.52. The first kappa shape index (κ1) is 12.1. The molecule has 0 aromatic carbocycles. The molecule has 0 amide bonds. The van der Waals surface area contributed by atoms with Crippen molar-refractivity contribution in [2.45, 2.75) is 32.1 Å². The minimum atomic E-state index is 0.565. The van der Waals surface area contributed by atoms with Crippen molar-refractivity contribution in [2.24, 2.45) is 0 Å². The number of aromatic nitrogens is 3. The molecule has 1 fully saturated rings. The van der Waals surface area contributed by atoms with Gasteiger partial charge in [-0.05, 0) is 31.9 Å². The molecule has 2 aromatic rings. The molecule has 0 saturated heterocycles. The summed E-state index contributed by atoms with van der Waals surface area (Å²) < 4.78 is 0. The van der Waals surface area contributed by atoms with E-state index in [9.17, 15) is 0 Å². The predicted molar refractivity (Wildman–Crippen MR) is 75.3 cm³/mol. The number of hydrogen-bond donors (Lipinski definition) is 1. The van der Waals surface area contributed by atoms with Gasteiger partial charge >= 0.3 is 0 Å². The van der Waals surface area contributed by atoms with Crippen LogP contribution in [0.25, 0.3) is 0 Å². The molecule has 4 heteroatoms. The van der Waals surface area contributed by atoms with Gasteiger partial charge in [-0.25, -0.2) is 9.97 Å². The van der Waals surface area contributed by atoms with E-state index in [1.807, 2.05) is 31.4 Å². The molecular formula is C15H18N4. The molecular weight excluding hydrogens is 236 g/mol. The first-order valence-corrected chi connectivity index (χ1v) is 6.73. The van der Waals surface area contributed by atoms with Gasteiger partial charge in [-0.3, -0.25) is 4.98 Å². The molecule has 0 atom stereocenters. The largest absolute Gasteiger partial charge is 0.373 e. The summed E-state index contributed by atoms with van der Waals surface area (Å²) in [6.07, 6.45) is 5.03. The van der Waals surface area contributed by atoms with Gasteiger partial charge in [0.25, 0.3) is 0 Å². The number of nitrogens with zero attached hydrogens (tertiary/aromatic N) is 3. The van der Waals surface area contributed by atoms with Crippen LogP contribution in [0.5, 0.6) is 0 Å². The Bertz CT molecular complexity index is 576. The predicted octanol–water partition coefficient (Wildman–Crippen LogP) is 2.69. The second-order valence-electron chi connectivity index (χ2n) is 5.02. The van der Waals surface area contributed by atoms with Crippen molar-refractivity contribution in [3.05, 3.63) is 47.2 Å². The highest BCUT2D eigenvalue weighted by Crippen LogP contribution is 2.39. The van der Waals surface area contributed by atoms with Gasteiger partial charge in [0, 0.05) is 36.8 Å². The zero-order valence-electron chi connectivity index (χ0n) is 11.3. The average molecular weight is 254 g/mol. The Kier molecular flexibility index (Phi) is 3.15. The van der Waals surface area contributed by atoms with Gasteiger partial charge in [0.05, 0.1) is 5.69 Å². The van der Waals surface area contributed by atoms with E-state index in [2.05, 4.69) is 22.2 Å². The summed E-state index contributed by atoms with van der Waals surface area (Å²) in [4.78, 5) is 13.7. The first-order chi connectivity index (χ1) is 9.28. The van der Waals surface area contributed by atoms with Crippen LogP contribution >= 0.6 is 0 Å². The lowest BCUT2D eigenvalue weighted by atomic mass is 10.1. The number of nitrogens with one attached hydrogen (secondary N) is 1. The molecule has 0 unspecified atom stereocenters. The van der Waals surface area contributed by atoms with E-state index in [1.54, 1.807) is 0 Å². The summed E-state index contributed by atoms with van der Waals surface area (Å²) in [7, 11) is 1.91. The molecule has 4 nitrogen and oxygen atoms in total. The summed E-state index contributed by atoms with van der Waals surface area (Å²) in [5, 5.41) is 3.17. The fourth-order valence-electron chi connectivity index (χ4n) is 2.20. The molecule has 0 aliphatic heterocycles. The molecule has 0 radical (unpaired) electrons. The van der Waals surface area contributed by atoms with Crippen molar-refractivity contribution in [3.63, 3.8) is 0 Å². The van der Waals surface area contributed by atoms with Gasteiger partial charge < -0.3 is 5.32 Å². The van der Waals surface area contributed by atoms with E-state index in [1.165, 1.54) is 12.8 Å². The van der Waals surface area contributed by atoms with Crippen LogP contribution in [0.15, 0.2) is 24.4 Å². The second-order valence-corrected chi connectivity index (χ2v) is 5.02. The lowest BCUT2D eigenvalue weighted by Gasteiger charge is -2.11. The monoisotopic (exact) mass is 254 g/mol. The van der Waals surface area contributed by atoms with Gasteiger partial charge in [-0.15, -0.1) is 0 Å². The zero-order chi connectivity index (χ0) is 13.2. The molecule has 98 valence electrons. The maximum atomic E-state index is 4.75. The average Bonchev–Trinajstić information content (AvgIpc) is 3.27. The van der Waals surface area contributed by atoms with Crippen LogP contribution in [0, 0.1) is 6.92 Å². The molecule has 1 aliphatic carbocycles. The summed E-state index contributed by atoms with van der Waals surface area (Å²) in [6, 6.07) is 5.99. The minimum absolute atomic E-state index is 0.565. The summed E-state index contributed by atoms with van der Waals surface area (Å²) in [5.74, 6) is 2.50. The number of pyridine rings is 1. The fourth-order valence-corrected chi connectivity index (χ4v) is 2.20. The zero-order valence-corrected chi connectivity index (χ0v) is 11.3. The highest BCUT2D eigenvalue weighted by molar-refractivity contribution is 5.46. The fraction of sp³-hybridized carbons (Fsp3) is 0.400. The molecule has 0 bridgehead atoms. The third kappa shape index (κ3) is 2.57. The van der Waals surface area contributed by atoms with Crippen molar-refractivity contribution in [1.29, 1.82) is 0 Å². The van der Waals surface area contributed by atoms with Crippen LogP contribution in [0.2, 0.25) is 0 Å². The van der Waals surface area contributed by atoms with Gasteiger partial charge in [-0.2, -0.15) is 0 Å². The van der Waals surface area contributed by atoms with Gasteiger partial charge in [0.2, 0.25) is 0 Å². The van der Waals surface area contributed by atoms with Crippen molar-refractivity contribution in [1.82, 2.24) is 15.0 Å². The Balaban J connectivity index is 1.97. The van der Waals surface area contributed by atoms with Crippen LogP contribution in [-0.2, 0) is 6.42 Å². The molecule has 2 aromatic heterocycles. The minimum Gasteiger partial charge on any atom is -0.373 e. The maximum absolute atomic E-state index is 4.75. The number of anilines is 1. The lowest BCUT2D eigenvalue weighted by Crippen LogP contribution is -2.08. The molecule has 19 heavy (non-hydrogen) atoms. The Morgan fingerprint density at radius 3 is 2.74 bits per heavy atom. The molecule has 1 aliphatic rings. The van der Waals surface area contributed by atoms with Crippen molar-refractivity contribution < 1.29 is 0 Å². The van der Waals surface area contributed by atoms with Crippen LogP contribution in [0.4, 0.5) is 5.82 Å². The lowest BCUT2D eigenvalue weighted by molar-refractivity contribution is 0.868. The van der Waals surface area contributed by atoms with Crippen LogP contribution < -0.4 is 5.32 Å². The van der Waals surface area contributed by atoms with Crippen molar-refractivity contribution in [2.75, 3.05) is 12.4 Å². The van der Waals surface area contributed by atoms with E-state index >= 15 is 0 Å². The normalized spacial score (nSPS) is 14.4. The summed E-state index contributed by atoms with van der Waals surface area (Å²) in [5.41, 5.74) is 3.26. The molecule has 3 rings (SSSR count). The van der Waals surface area contributed by atoms with E-state index in [0.29, 0.717) is 5.92 Å². The number of rotatable bonds is 4. The SMILES string of the molecule is CNc1nc(C2CC2)nc(Cc2ccccn2)c1C. The quantitative estimate of drug-likeness (QED) is 0.911. The standard InChI is InChI=1S/C15H18N4/c1-10-13(9-12-5-3-4-8-17-12)18-15(11-6-7-11)19-14(10)16-2/h3-5,8,11H,6-7,9H2,1-2H3,(H,16,18,19). The van der Waals surface area contributed by atoms with Crippen molar-refractivity contribution in [3.8, 4) is 0 Å². The van der Waals surface area contributed by atoms with E-state index in [0.717, 1.165) is 35.0 Å². The smallest absolute Gasteiger partial charge is 0.134 e. The summed E-state index contributed by atoms with van der Waals surface area (Å²) in [6.45, 7) is 2.07. The Labute approximate surface area is 113 Å². The Morgan fingerprint density at radius 2 is 2.11 bits per heavy atom. The topological polar surface area (TPSA) is 50.7 Å². The van der Waals surface area contributed by atoms with Gasteiger partial charge in [-0.1, -0.05) is 6.07 Å². The molecule has 2 heterocycles. The van der Waals surface area contributed by atoms with E-state index < -0.39 is 0 Å². The van der Waals surface area contributed by atoms with Gasteiger partial charge in [0.15, 0.2) is 0 Å². The maximum Gasteiger partial charge on any atom is 0.134 e. The molecule has 1 saturated carbocycles. The Morgan fingerprint density at radius 1 is 1.26 bits per heavy atom. The molecule has 0 spiro atoms. The van der Waals surface area contributed by atoms with Crippen LogP contribution in [0.1, 0.15) is 41.5 Å². The van der Waals surface area contributed by atoms with Crippen LogP contribution in [-0.4, -0.2) is 22.0 Å². The van der Waals surface area contributed by atoms with Gasteiger partial charge in [0.1, 0.15) is 11.6 Å². The van der Waals surface area contributed by atoms with Crippen molar-refractivity contribution >= 4 is 5.82 Å². The molecule has 1 N–H and O–H groups in total. The van der Waals surface area contributed by atoms with E-state index in [-0.39, 0.29) is 0 Å². The Hall–Kier alpha value is -1.97. The first-order valence-electron chi connectivity index (χ1n) is 6.73. The number of hydrogen-bond acceptors (Lipinski definition) is 4. The second kappa shape index (κ2) is 4.96.